The maximum absolute atomic E-state index is 13.0. The number of nitrogens with zero attached hydrogens (tertiary/aromatic N) is 2. The molecule has 2 aromatic rings. The van der Waals surface area contributed by atoms with Crippen molar-refractivity contribution in [3.05, 3.63) is 53.7 Å². The number of sulfone groups is 1. The number of carbonyl (C=O) groups is 2. The maximum atomic E-state index is 13.0. The van der Waals surface area contributed by atoms with Gasteiger partial charge in [0.25, 0.3) is 5.91 Å². The number of hydrogen-bond donors (Lipinski definition) is 1. The van der Waals surface area contributed by atoms with E-state index in [1.165, 1.54) is 49.7 Å². The van der Waals surface area contributed by atoms with Gasteiger partial charge in [0.1, 0.15) is 5.82 Å². The van der Waals surface area contributed by atoms with E-state index < -0.39 is 21.7 Å². The number of aromatic nitrogens is 1. The predicted octanol–water partition coefficient (Wildman–Crippen LogP) is 1.95. The van der Waals surface area contributed by atoms with Crippen molar-refractivity contribution in [2.24, 2.45) is 5.16 Å². The summed E-state index contributed by atoms with van der Waals surface area (Å²) in [5.74, 6) is -0.960. The molecule has 1 aromatic carbocycles. The summed E-state index contributed by atoms with van der Waals surface area (Å²) in [6, 6.07) is 8.90. The Morgan fingerprint density at radius 1 is 1.09 bits per heavy atom. The average Bonchev–Trinajstić information content (AvgIpc) is 3.57. The molecule has 33 heavy (non-hydrogen) atoms. The molecule has 0 spiro atoms. The van der Waals surface area contributed by atoms with E-state index in [1.54, 1.807) is 0 Å². The fraction of sp³-hybridized carbons (Fsp3) is 0.364. The number of ether oxygens (including phenoxy) is 2. The van der Waals surface area contributed by atoms with Crippen molar-refractivity contribution in [2.75, 3.05) is 25.6 Å². The molecule has 0 radical (unpaired) electrons. The van der Waals surface area contributed by atoms with Gasteiger partial charge in [0.05, 0.1) is 36.0 Å². The van der Waals surface area contributed by atoms with Gasteiger partial charge in [-0.05, 0) is 37.1 Å². The van der Waals surface area contributed by atoms with Crippen LogP contribution in [-0.2, 0) is 28.9 Å². The Balaban J connectivity index is 1.55. The Bertz CT molecular complexity index is 1150. The number of benzene rings is 1. The number of carbonyl (C=O) groups excluding carboxylic acids is 2. The first-order valence-corrected chi connectivity index (χ1v) is 11.9. The lowest BCUT2D eigenvalue weighted by atomic mass is 10.1. The zero-order valence-corrected chi connectivity index (χ0v) is 18.7. The van der Waals surface area contributed by atoms with E-state index in [-0.39, 0.29) is 33.3 Å². The van der Waals surface area contributed by atoms with E-state index in [0.717, 1.165) is 0 Å². The quantitative estimate of drug-likeness (QED) is 0.349. The normalized spacial score (nSPS) is 18.6. The summed E-state index contributed by atoms with van der Waals surface area (Å²) < 4.78 is 34.8. The Morgan fingerprint density at radius 3 is 2.39 bits per heavy atom. The third-order valence-corrected chi connectivity index (χ3v) is 7.52. The highest BCUT2D eigenvalue weighted by molar-refractivity contribution is 7.92. The number of oxime groups is 1. The smallest absolute Gasteiger partial charge is 0.339 e. The third-order valence-electron chi connectivity index (χ3n) is 5.24. The van der Waals surface area contributed by atoms with E-state index in [2.05, 4.69) is 20.2 Å². The lowest BCUT2D eigenvalue weighted by molar-refractivity contribution is -0.110. The van der Waals surface area contributed by atoms with Crippen molar-refractivity contribution < 1.29 is 32.3 Å². The molecule has 1 saturated carbocycles. The summed E-state index contributed by atoms with van der Waals surface area (Å²) in [5.41, 5.74) is 0.574. The highest BCUT2D eigenvalue weighted by atomic mass is 32.2. The average molecular weight is 474 g/mol. The first kappa shape index (κ1) is 22.9. The largest absolute Gasteiger partial charge is 0.465 e. The fourth-order valence-electron chi connectivity index (χ4n) is 3.20. The first-order valence-electron chi connectivity index (χ1n) is 10.4. The Morgan fingerprint density at radius 2 is 1.82 bits per heavy atom. The van der Waals surface area contributed by atoms with Gasteiger partial charge in [-0.15, -0.1) is 0 Å². The van der Waals surface area contributed by atoms with Crippen molar-refractivity contribution >= 4 is 33.2 Å². The van der Waals surface area contributed by atoms with Gasteiger partial charge >= 0.3 is 5.97 Å². The number of esters is 1. The number of amides is 1. The minimum atomic E-state index is -3.35. The second-order valence-corrected chi connectivity index (χ2v) is 9.91. The van der Waals surface area contributed by atoms with Crippen LogP contribution < -0.4 is 5.32 Å². The standard InChI is InChI=1S/C22H23N3O7S/c1-30-22(27)15-4-9-19(23-12-15)24-21(26)20(25-32-16-10-11-31-13-16)14-2-5-17(6-3-14)33(28,29)18-7-8-18/h2-6,9,12,16,18H,7-8,10-11,13H2,1H3,(H,23,24,26)/t16-/m1/s1. The molecule has 2 heterocycles. The van der Waals surface area contributed by atoms with Crippen LogP contribution in [0.15, 0.2) is 52.6 Å². The molecule has 2 aliphatic rings. The molecule has 0 unspecified atom stereocenters. The predicted molar refractivity (Wildman–Crippen MR) is 118 cm³/mol. The molecule has 174 valence electrons. The zero-order valence-electron chi connectivity index (χ0n) is 17.9. The van der Waals surface area contributed by atoms with Crippen molar-refractivity contribution in [3.63, 3.8) is 0 Å². The zero-order chi connectivity index (χ0) is 23.4. The van der Waals surface area contributed by atoms with Crippen LogP contribution in [0.3, 0.4) is 0 Å². The summed E-state index contributed by atoms with van der Waals surface area (Å²) in [6.07, 6.45) is 2.98. The van der Waals surface area contributed by atoms with Crippen LogP contribution in [0.2, 0.25) is 0 Å². The molecule has 1 aromatic heterocycles. The molecule has 4 rings (SSSR count). The third kappa shape index (κ3) is 5.37. The molecule has 10 nitrogen and oxygen atoms in total. The fourth-order valence-corrected chi connectivity index (χ4v) is 4.86. The molecule has 1 N–H and O–H groups in total. The minimum Gasteiger partial charge on any atom is -0.465 e. The maximum Gasteiger partial charge on any atom is 0.339 e. The monoisotopic (exact) mass is 473 g/mol. The van der Waals surface area contributed by atoms with Crippen LogP contribution in [-0.4, -0.2) is 62.7 Å². The van der Waals surface area contributed by atoms with Gasteiger partial charge in [-0.3, -0.25) is 4.79 Å². The van der Waals surface area contributed by atoms with E-state index in [1.807, 2.05) is 0 Å². The molecular formula is C22H23N3O7S. The number of methoxy groups -OCH3 is 1. The number of rotatable bonds is 8. The molecule has 1 atom stereocenters. The molecular weight excluding hydrogens is 450 g/mol. The molecule has 2 fully saturated rings. The summed E-state index contributed by atoms with van der Waals surface area (Å²) in [4.78, 5) is 34.3. The van der Waals surface area contributed by atoms with Crippen LogP contribution in [0, 0.1) is 0 Å². The topological polar surface area (TPSA) is 133 Å². The van der Waals surface area contributed by atoms with Crippen molar-refractivity contribution in [1.82, 2.24) is 4.98 Å². The molecule has 0 bridgehead atoms. The minimum absolute atomic E-state index is 0.0453. The summed E-state index contributed by atoms with van der Waals surface area (Å²) >= 11 is 0. The highest BCUT2D eigenvalue weighted by Crippen LogP contribution is 2.33. The van der Waals surface area contributed by atoms with Crippen molar-refractivity contribution in [3.8, 4) is 0 Å². The molecule has 11 heteroatoms. The summed E-state index contributed by atoms with van der Waals surface area (Å²) in [5, 5.41) is 6.33. The van der Waals surface area contributed by atoms with E-state index in [0.29, 0.717) is 38.0 Å². The second-order valence-electron chi connectivity index (χ2n) is 7.68. The van der Waals surface area contributed by atoms with Gasteiger partial charge < -0.3 is 19.6 Å². The lowest BCUT2D eigenvalue weighted by Crippen LogP contribution is -2.26. The van der Waals surface area contributed by atoms with E-state index >= 15 is 0 Å². The van der Waals surface area contributed by atoms with Gasteiger partial charge in [0, 0.05) is 18.2 Å². The molecule has 1 amide bonds. The SMILES string of the molecule is COC(=O)c1ccc(NC(=O)C(=NO[C@@H]2CCOC2)c2ccc(S(=O)(=O)C3CC3)cc2)nc1. The lowest BCUT2D eigenvalue weighted by Gasteiger charge is -2.11. The van der Waals surface area contributed by atoms with Crippen LogP contribution >= 0.6 is 0 Å². The van der Waals surface area contributed by atoms with Crippen LogP contribution in [0.25, 0.3) is 0 Å². The van der Waals surface area contributed by atoms with Gasteiger partial charge in [-0.1, -0.05) is 17.3 Å². The summed E-state index contributed by atoms with van der Waals surface area (Å²) in [6.45, 7) is 0.916. The van der Waals surface area contributed by atoms with Gasteiger partial charge in [0.15, 0.2) is 21.7 Å². The number of pyridine rings is 1. The van der Waals surface area contributed by atoms with E-state index in [9.17, 15) is 18.0 Å². The first-order chi connectivity index (χ1) is 15.9. The van der Waals surface area contributed by atoms with Gasteiger partial charge in [0.2, 0.25) is 0 Å². The number of nitrogens with one attached hydrogen (secondary N) is 1. The second kappa shape index (κ2) is 9.67. The molecule has 1 aliphatic carbocycles. The van der Waals surface area contributed by atoms with Crippen molar-refractivity contribution in [1.29, 1.82) is 0 Å². The Kier molecular flexibility index (Phi) is 6.70. The Hall–Kier alpha value is -3.31. The van der Waals surface area contributed by atoms with Gasteiger partial charge in [-0.25, -0.2) is 18.2 Å². The highest BCUT2D eigenvalue weighted by Gasteiger charge is 2.36. The van der Waals surface area contributed by atoms with Gasteiger partial charge in [-0.2, -0.15) is 0 Å². The van der Waals surface area contributed by atoms with Crippen LogP contribution in [0.5, 0.6) is 0 Å². The Labute approximate surface area is 190 Å². The number of anilines is 1. The molecule has 1 aliphatic heterocycles. The van der Waals surface area contributed by atoms with Crippen molar-refractivity contribution in [2.45, 2.75) is 35.5 Å². The number of hydrogen-bond acceptors (Lipinski definition) is 9. The van der Waals surface area contributed by atoms with Crippen LogP contribution in [0.4, 0.5) is 5.82 Å². The molecule has 1 saturated heterocycles. The summed E-state index contributed by atoms with van der Waals surface area (Å²) in [7, 11) is -2.09. The van der Waals surface area contributed by atoms with Crippen LogP contribution in [0.1, 0.15) is 35.2 Å². The van der Waals surface area contributed by atoms with E-state index in [4.69, 9.17) is 9.57 Å².